The Morgan fingerprint density at radius 2 is 2.05 bits per heavy atom. The van der Waals surface area contributed by atoms with Crippen LogP contribution in [0.3, 0.4) is 0 Å². The molecular formula is C14H19ClN2O3S. The van der Waals surface area contributed by atoms with E-state index in [4.69, 9.17) is 16.3 Å². The summed E-state index contributed by atoms with van der Waals surface area (Å²) in [5.74, 6) is 0.271. The molecule has 0 aliphatic carbocycles. The van der Waals surface area contributed by atoms with Crippen LogP contribution in [0.25, 0.3) is 0 Å². The summed E-state index contributed by atoms with van der Waals surface area (Å²) in [7, 11) is -3.62. The molecule has 0 amide bonds. The third kappa shape index (κ3) is 4.43. The Hall–Kier alpha value is -1.11. The Morgan fingerprint density at radius 1 is 1.38 bits per heavy atom. The maximum atomic E-state index is 12.2. The first kappa shape index (κ1) is 16.3. The van der Waals surface area contributed by atoms with Crippen molar-refractivity contribution < 1.29 is 13.2 Å². The quantitative estimate of drug-likeness (QED) is 0.526. The van der Waals surface area contributed by atoms with Gasteiger partial charge in [-0.2, -0.15) is 0 Å². The van der Waals surface area contributed by atoms with Crippen molar-refractivity contribution in [1.82, 2.24) is 4.72 Å². The standard InChI is InChI=1S/C14H19ClN2O3S/c1-10-5-7-12(8-6-10)21(18,19)17-11(2)16-14-13(15)4-3-9-20-14/h5-8,13-14H,3-4,9H2,1-2H3,(H,16,17)/t13-,14-/m0/s1. The fourth-order valence-electron chi connectivity index (χ4n) is 2.04. The monoisotopic (exact) mass is 330 g/mol. The van der Waals surface area contributed by atoms with Crippen LogP contribution in [0.15, 0.2) is 34.2 Å². The Bertz CT molecular complexity index is 614. The summed E-state index contributed by atoms with van der Waals surface area (Å²) in [6, 6.07) is 6.62. The van der Waals surface area contributed by atoms with Crippen molar-refractivity contribution in [2.75, 3.05) is 6.61 Å². The van der Waals surface area contributed by atoms with Gasteiger partial charge in [0.05, 0.1) is 10.3 Å². The number of ether oxygens (including phenoxy) is 1. The summed E-state index contributed by atoms with van der Waals surface area (Å²) in [6.07, 6.45) is 1.21. The molecule has 21 heavy (non-hydrogen) atoms. The third-order valence-electron chi connectivity index (χ3n) is 3.16. The molecule has 0 unspecified atom stereocenters. The van der Waals surface area contributed by atoms with Gasteiger partial charge in [-0.25, -0.2) is 13.4 Å². The zero-order valence-corrected chi connectivity index (χ0v) is 13.6. The summed E-state index contributed by atoms with van der Waals surface area (Å²) in [5, 5.41) is -0.224. The van der Waals surface area contributed by atoms with E-state index in [0.29, 0.717) is 6.61 Å². The van der Waals surface area contributed by atoms with Crippen molar-refractivity contribution in [3.05, 3.63) is 29.8 Å². The molecule has 7 heteroatoms. The van der Waals surface area contributed by atoms with Crippen LogP contribution < -0.4 is 4.72 Å². The number of rotatable bonds is 3. The number of sulfonamides is 1. The van der Waals surface area contributed by atoms with E-state index < -0.39 is 16.3 Å². The highest BCUT2D eigenvalue weighted by atomic mass is 35.5. The Kier molecular flexibility index (Phi) is 5.24. The second-order valence-electron chi connectivity index (χ2n) is 5.05. The van der Waals surface area contributed by atoms with Gasteiger partial charge in [0.1, 0.15) is 5.84 Å². The van der Waals surface area contributed by atoms with Gasteiger partial charge >= 0.3 is 0 Å². The second-order valence-corrected chi connectivity index (χ2v) is 7.30. The van der Waals surface area contributed by atoms with Gasteiger partial charge in [-0.1, -0.05) is 17.7 Å². The highest BCUT2D eigenvalue weighted by Crippen LogP contribution is 2.20. The molecule has 1 aliphatic heterocycles. The first-order valence-electron chi connectivity index (χ1n) is 6.78. The number of hydrogen-bond donors (Lipinski definition) is 1. The zero-order valence-electron chi connectivity index (χ0n) is 12.0. The third-order valence-corrected chi connectivity index (χ3v) is 5.05. The van der Waals surface area contributed by atoms with Crippen molar-refractivity contribution >= 4 is 27.5 Å². The molecule has 0 spiro atoms. The maximum absolute atomic E-state index is 12.2. The lowest BCUT2D eigenvalue weighted by atomic mass is 10.2. The summed E-state index contributed by atoms with van der Waals surface area (Å²) in [6.45, 7) is 4.08. The molecule has 2 rings (SSSR count). The van der Waals surface area contributed by atoms with Crippen molar-refractivity contribution in [2.45, 2.75) is 43.2 Å². The minimum Gasteiger partial charge on any atom is -0.355 e. The SMILES string of the molecule is C/C(=N\[C@H]1OCCC[C@@H]1Cl)NS(=O)(=O)c1ccc(C)cc1. The topological polar surface area (TPSA) is 67.8 Å². The van der Waals surface area contributed by atoms with Gasteiger partial charge in [-0.05, 0) is 38.8 Å². The van der Waals surface area contributed by atoms with Gasteiger partial charge in [0.25, 0.3) is 10.0 Å². The van der Waals surface area contributed by atoms with E-state index in [2.05, 4.69) is 9.71 Å². The molecule has 1 aromatic rings. The molecule has 0 radical (unpaired) electrons. The van der Waals surface area contributed by atoms with Gasteiger partial charge in [0.2, 0.25) is 0 Å². The lowest BCUT2D eigenvalue weighted by Crippen LogP contribution is -2.34. The van der Waals surface area contributed by atoms with E-state index >= 15 is 0 Å². The summed E-state index contributed by atoms with van der Waals surface area (Å²) in [5.41, 5.74) is 1.000. The Labute approximate surface area is 130 Å². The number of nitrogens with zero attached hydrogens (tertiary/aromatic N) is 1. The van der Waals surface area contributed by atoms with E-state index in [1.165, 1.54) is 0 Å². The Morgan fingerprint density at radius 3 is 2.67 bits per heavy atom. The van der Waals surface area contributed by atoms with Gasteiger partial charge < -0.3 is 4.74 Å². The van der Waals surface area contributed by atoms with Crippen LogP contribution in [0.4, 0.5) is 0 Å². The number of alkyl halides is 1. The fourth-order valence-corrected chi connectivity index (χ4v) is 3.37. The van der Waals surface area contributed by atoms with Gasteiger partial charge in [-0.3, -0.25) is 4.72 Å². The molecule has 2 atom stereocenters. The highest BCUT2D eigenvalue weighted by molar-refractivity contribution is 7.90. The molecule has 1 heterocycles. The minimum atomic E-state index is -3.62. The number of hydrogen-bond acceptors (Lipinski definition) is 4. The zero-order chi connectivity index (χ0) is 15.5. The first-order valence-corrected chi connectivity index (χ1v) is 8.70. The molecule has 1 aliphatic rings. The largest absolute Gasteiger partial charge is 0.355 e. The lowest BCUT2D eigenvalue weighted by molar-refractivity contribution is 0.0255. The van der Waals surface area contributed by atoms with Crippen molar-refractivity contribution in [3.8, 4) is 0 Å². The number of aliphatic imine (C=N–C) groups is 1. The maximum Gasteiger partial charge on any atom is 0.262 e. The molecule has 1 N–H and O–H groups in total. The number of halogens is 1. The smallest absolute Gasteiger partial charge is 0.262 e. The summed E-state index contributed by atoms with van der Waals surface area (Å²) >= 11 is 6.12. The molecule has 1 saturated heterocycles. The molecule has 5 nitrogen and oxygen atoms in total. The molecule has 0 aromatic heterocycles. The van der Waals surface area contributed by atoms with E-state index in [9.17, 15) is 8.42 Å². The molecule has 1 aromatic carbocycles. The molecular weight excluding hydrogens is 312 g/mol. The van der Waals surface area contributed by atoms with Crippen LogP contribution in [0.1, 0.15) is 25.3 Å². The second kappa shape index (κ2) is 6.77. The van der Waals surface area contributed by atoms with Gasteiger partial charge in [-0.15, -0.1) is 11.6 Å². The van der Waals surface area contributed by atoms with Crippen LogP contribution in [-0.2, 0) is 14.8 Å². The number of nitrogens with one attached hydrogen (secondary N) is 1. The van der Waals surface area contributed by atoms with E-state index in [-0.39, 0.29) is 16.1 Å². The van der Waals surface area contributed by atoms with E-state index in [1.54, 1.807) is 31.2 Å². The van der Waals surface area contributed by atoms with Crippen molar-refractivity contribution in [1.29, 1.82) is 0 Å². The van der Waals surface area contributed by atoms with E-state index in [1.807, 2.05) is 6.92 Å². The Balaban J connectivity index is 2.10. The molecule has 116 valence electrons. The van der Waals surface area contributed by atoms with Crippen molar-refractivity contribution in [2.24, 2.45) is 4.99 Å². The average molecular weight is 331 g/mol. The first-order chi connectivity index (χ1) is 9.88. The van der Waals surface area contributed by atoms with Gasteiger partial charge in [0, 0.05) is 6.61 Å². The number of amidine groups is 1. The lowest BCUT2D eigenvalue weighted by Gasteiger charge is -2.24. The fraction of sp³-hybridized carbons (Fsp3) is 0.500. The molecule has 1 fully saturated rings. The summed E-state index contributed by atoms with van der Waals surface area (Å²) < 4.78 is 32.3. The predicted octanol–water partition coefficient (Wildman–Crippen LogP) is 2.44. The van der Waals surface area contributed by atoms with Crippen molar-refractivity contribution in [3.63, 3.8) is 0 Å². The average Bonchev–Trinajstić information content (AvgIpc) is 2.41. The molecule has 0 saturated carbocycles. The van der Waals surface area contributed by atoms with Crippen LogP contribution in [0, 0.1) is 6.92 Å². The van der Waals surface area contributed by atoms with Crippen LogP contribution in [0.2, 0.25) is 0 Å². The van der Waals surface area contributed by atoms with Gasteiger partial charge in [0.15, 0.2) is 6.23 Å². The predicted molar refractivity (Wildman–Crippen MR) is 83.2 cm³/mol. The van der Waals surface area contributed by atoms with Crippen LogP contribution >= 0.6 is 11.6 Å². The number of aryl methyl sites for hydroxylation is 1. The highest BCUT2D eigenvalue weighted by Gasteiger charge is 2.24. The van der Waals surface area contributed by atoms with Crippen LogP contribution in [-0.4, -0.2) is 32.5 Å². The van der Waals surface area contributed by atoms with E-state index in [0.717, 1.165) is 18.4 Å². The molecule has 0 bridgehead atoms. The summed E-state index contributed by atoms with van der Waals surface area (Å²) in [4.78, 5) is 4.42. The minimum absolute atomic E-state index is 0.203. The van der Waals surface area contributed by atoms with Crippen LogP contribution in [0.5, 0.6) is 0 Å². The number of benzene rings is 1. The normalized spacial score (nSPS) is 23.9.